The van der Waals surface area contributed by atoms with Gasteiger partial charge in [0.25, 0.3) is 0 Å². The third-order valence-corrected chi connectivity index (χ3v) is 1.82. The van der Waals surface area contributed by atoms with Crippen molar-refractivity contribution in [2.24, 2.45) is 5.73 Å². The van der Waals surface area contributed by atoms with Crippen molar-refractivity contribution in [3.8, 4) is 5.75 Å². The maximum atomic E-state index is 13.3. The van der Waals surface area contributed by atoms with Crippen LogP contribution in [0.25, 0.3) is 0 Å². The number of hydrogen-bond donors (Lipinski definition) is 2. The summed E-state index contributed by atoms with van der Waals surface area (Å²) in [7, 11) is 0. The first kappa shape index (κ1) is 10.9. The van der Waals surface area contributed by atoms with Gasteiger partial charge in [-0.25, -0.2) is 4.39 Å². The molecule has 0 aliphatic rings. The second-order valence-corrected chi connectivity index (χ2v) is 3.04. The van der Waals surface area contributed by atoms with Gasteiger partial charge in [0.2, 0.25) is 0 Å². The van der Waals surface area contributed by atoms with Crippen LogP contribution in [-0.4, -0.2) is 18.3 Å². The third kappa shape index (κ3) is 2.68. The number of halogens is 1. The molecule has 0 heterocycles. The van der Waals surface area contributed by atoms with Crippen molar-refractivity contribution in [1.29, 1.82) is 0 Å². The first-order valence-electron chi connectivity index (χ1n) is 4.44. The Morgan fingerprint density at radius 2 is 2.29 bits per heavy atom. The molecular formula is C10H14FNO2. The Labute approximate surface area is 82.3 Å². The predicted molar refractivity (Wildman–Crippen MR) is 51.6 cm³/mol. The molecule has 3 nitrogen and oxygen atoms in total. The highest BCUT2D eigenvalue weighted by molar-refractivity contribution is 5.30. The topological polar surface area (TPSA) is 55.5 Å². The lowest BCUT2D eigenvalue weighted by molar-refractivity contribution is 0.201. The van der Waals surface area contributed by atoms with E-state index in [9.17, 15) is 4.39 Å². The number of ether oxygens (including phenoxy) is 1. The van der Waals surface area contributed by atoms with E-state index in [1.54, 1.807) is 19.1 Å². The van der Waals surface area contributed by atoms with Crippen molar-refractivity contribution in [3.63, 3.8) is 0 Å². The smallest absolute Gasteiger partial charge is 0.131 e. The number of rotatable bonds is 4. The lowest BCUT2D eigenvalue weighted by atomic mass is 10.1. The Balaban J connectivity index is 2.78. The predicted octanol–water partition coefficient (Wildman–Crippen LogP) is 1.22. The zero-order chi connectivity index (χ0) is 10.6. The standard InChI is InChI=1S/C10H14FNO2/c1-7(12)9-3-2-8(6-10(9)11)14-5-4-13/h2-3,6-7,13H,4-5,12H2,1H3/t7-/m1/s1. The largest absolute Gasteiger partial charge is 0.491 e. The van der Waals surface area contributed by atoms with Crippen LogP contribution in [0.4, 0.5) is 4.39 Å². The Bertz CT molecular complexity index is 302. The first-order chi connectivity index (χ1) is 6.65. The Morgan fingerprint density at radius 1 is 1.57 bits per heavy atom. The molecule has 1 aromatic carbocycles. The maximum Gasteiger partial charge on any atom is 0.131 e. The van der Waals surface area contributed by atoms with E-state index in [0.717, 1.165) is 0 Å². The summed E-state index contributed by atoms with van der Waals surface area (Å²) < 4.78 is 18.3. The van der Waals surface area contributed by atoms with Gasteiger partial charge in [-0.1, -0.05) is 6.07 Å². The van der Waals surface area contributed by atoms with Crippen LogP contribution in [0.5, 0.6) is 5.75 Å². The lowest BCUT2D eigenvalue weighted by Crippen LogP contribution is -2.08. The van der Waals surface area contributed by atoms with Gasteiger partial charge in [0, 0.05) is 17.7 Å². The molecule has 0 fully saturated rings. The number of nitrogens with two attached hydrogens (primary N) is 1. The average Bonchev–Trinajstić information content (AvgIpc) is 2.14. The van der Waals surface area contributed by atoms with E-state index >= 15 is 0 Å². The van der Waals surface area contributed by atoms with Crippen molar-refractivity contribution >= 4 is 0 Å². The van der Waals surface area contributed by atoms with Gasteiger partial charge in [0.15, 0.2) is 0 Å². The van der Waals surface area contributed by atoms with Gasteiger partial charge in [-0.15, -0.1) is 0 Å². The molecule has 0 unspecified atom stereocenters. The van der Waals surface area contributed by atoms with Crippen LogP contribution < -0.4 is 10.5 Å². The molecule has 1 atom stereocenters. The molecule has 0 spiro atoms. The molecule has 0 amide bonds. The second-order valence-electron chi connectivity index (χ2n) is 3.04. The number of aliphatic hydroxyl groups excluding tert-OH is 1. The fraction of sp³-hybridized carbons (Fsp3) is 0.400. The van der Waals surface area contributed by atoms with Crippen molar-refractivity contribution in [1.82, 2.24) is 0 Å². The van der Waals surface area contributed by atoms with E-state index in [0.29, 0.717) is 11.3 Å². The summed E-state index contributed by atoms with van der Waals surface area (Å²) >= 11 is 0. The third-order valence-electron chi connectivity index (χ3n) is 1.82. The summed E-state index contributed by atoms with van der Waals surface area (Å²) in [5.41, 5.74) is 6.00. The Kier molecular flexibility index (Phi) is 3.85. The zero-order valence-electron chi connectivity index (χ0n) is 8.03. The van der Waals surface area contributed by atoms with Gasteiger partial charge in [0.05, 0.1) is 6.61 Å². The van der Waals surface area contributed by atoms with E-state index in [1.807, 2.05) is 0 Å². The quantitative estimate of drug-likeness (QED) is 0.766. The Morgan fingerprint density at radius 3 is 2.79 bits per heavy atom. The van der Waals surface area contributed by atoms with E-state index < -0.39 is 0 Å². The SMILES string of the molecule is C[C@@H](N)c1ccc(OCCO)cc1F. The molecule has 4 heteroatoms. The van der Waals surface area contributed by atoms with Crippen LogP contribution in [0.2, 0.25) is 0 Å². The fourth-order valence-electron chi connectivity index (χ4n) is 1.13. The molecule has 0 saturated heterocycles. The van der Waals surface area contributed by atoms with Crippen molar-refractivity contribution < 1.29 is 14.2 Å². The number of hydrogen-bond acceptors (Lipinski definition) is 3. The highest BCUT2D eigenvalue weighted by Gasteiger charge is 2.07. The van der Waals surface area contributed by atoms with Crippen molar-refractivity contribution in [2.75, 3.05) is 13.2 Å². The summed E-state index contributed by atoms with van der Waals surface area (Å²) in [6, 6.07) is 4.17. The highest BCUT2D eigenvalue weighted by atomic mass is 19.1. The van der Waals surface area contributed by atoms with Crippen molar-refractivity contribution in [3.05, 3.63) is 29.6 Å². The number of benzene rings is 1. The van der Waals surface area contributed by atoms with Gasteiger partial charge in [-0.3, -0.25) is 0 Å². The summed E-state index contributed by atoms with van der Waals surface area (Å²) in [5.74, 6) is 0.0244. The normalized spacial score (nSPS) is 12.6. The molecule has 1 aromatic rings. The highest BCUT2D eigenvalue weighted by Crippen LogP contribution is 2.20. The molecule has 0 aromatic heterocycles. The molecule has 0 bridgehead atoms. The van der Waals surface area contributed by atoms with Crippen LogP contribution in [0.15, 0.2) is 18.2 Å². The van der Waals surface area contributed by atoms with Crippen molar-refractivity contribution in [2.45, 2.75) is 13.0 Å². The van der Waals surface area contributed by atoms with Gasteiger partial charge >= 0.3 is 0 Å². The molecule has 0 radical (unpaired) electrons. The molecule has 0 aliphatic heterocycles. The second kappa shape index (κ2) is 4.93. The monoisotopic (exact) mass is 199 g/mol. The molecule has 1 rings (SSSR count). The summed E-state index contributed by atoms with van der Waals surface area (Å²) in [5, 5.41) is 8.50. The molecule has 3 N–H and O–H groups in total. The summed E-state index contributed by atoms with van der Waals surface area (Å²) in [6.07, 6.45) is 0. The number of aliphatic hydroxyl groups is 1. The van der Waals surface area contributed by atoms with Crippen LogP contribution in [-0.2, 0) is 0 Å². The Hall–Kier alpha value is -1.13. The van der Waals surface area contributed by atoms with Gasteiger partial charge < -0.3 is 15.6 Å². The van der Waals surface area contributed by atoms with E-state index in [4.69, 9.17) is 15.6 Å². The van der Waals surface area contributed by atoms with Gasteiger partial charge in [0.1, 0.15) is 18.2 Å². The lowest BCUT2D eigenvalue weighted by Gasteiger charge is -2.09. The zero-order valence-corrected chi connectivity index (χ0v) is 8.03. The summed E-state index contributed by atoms with van der Waals surface area (Å²) in [6.45, 7) is 1.79. The molecule has 0 saturated carbocycles. The first-order valence-corrected chi connectivity index (χ1v) is 4.44. The molecule has 78 valence electrons. The van der Waals surface area contributed by atoms with Gasteiger partial charge in [-0.2, -0.15) is 0 Å². The maximum absolute atomic E-state index is 13.3. The van der Waals surface area contributed by atoms with E-state index in [-0.39, 0.29) is 25.1 Å². The van der Waals surface area contributed by atoms with Crippen LogP contribution in [0, 0.1) is 5.82 Å². The molecule has 14 heavy (non-hydrogen) atoms. The van der Waals surface area contributed by atoms with Crippen LogP contribution in [0.1, 0.15) is 18.5 Å². The fourth-order valence-corrected chi connectivity index (χ4v) is 1.13. The minimum absolute atomic E-state index is 0.0866. The average molecular weight is 199 g/mol. The van der Waals surface area contributed by atoms with Gasteiger partial charge in [-0.05, 0) is 13.0 Å². The van der Waals surface area contributed by atoms with E-state index in [1.165, 1.54) is 6.07 Å². The van der Waals surface area contributed by atoms with Crippen LogP contribution >= 0.6 is 0 Å². The summed E-state index contributed by atoms with van der Waals surface area (Å²) in [4.78, 5) is 0. The molecule has 0 aliphatic carbocycles. The van der Waals surface area contributed by atoms with E-state index in [2.05, 4.69) is 0 Å². The molecular weight excluding hydrogens is 185 g/mol. The minimum atomic E-state index is -0.379. The van der Waals surface area contributed by atoms with Crippen LogP contribution in [0.3, 0.4) is 0 Å². The minimum Gasteiger partial charge on any atom is -0.491 e.